The van der Waals surface area contributed by atoms with E-state index in [-0.39, 0.29) is 17.6 Å². The van der Waals surface area contributed by atoms with E-state index in [4.69, 9.17) is 11.5 Å². The number of guanidine groups is 2. The fraction of sp³-hybridized carbons (Fsp3) is 0.200. The summed E-state index contributed by atoms with van der Waals surface area (Å²) in [6.45, 7) is 0. The molecule has 0 fully saturated rings. The minimum Gasteiger partial charge on any atom is -0.369 e. The molecule has 0 saturated carbocycles. The number of nitrogens with zero attached hydrogens (tertiary/aromatic N) is 4. The molecule has 0 atom stereocenters. The summed E-state index contributed by atoms with van der Waals surface area (Å²) >= 11 is 0. The molecule has 18 heavy (non-hydrogen) atoms. The Balaban J connectivity index is 2.89. The molecule has 1 rings (SSSR count). The average Bonchev–Trinajstić information content (AvgIpc) is 2.29. The number of hydrogen-bond acceptors (Lipinski definition) is 3. The first-order valence-electron chi connectivity index (χ1n) is 5.00. The Morgan fingerprint density at radius 1 is 1.28 bits per heavy atom. The molecule has 0 aliphatic heterocycles. The molecule has 0 unspecified atom stereocenters. The highest BCUT2D eigenvalue weighted by Crippen LogP contribution is 2.17. The van der Waals surface area contributed by atoms with Crippen LogP contribution in [-0.2, 0) is 0 Å². The van der Waals surface area contributed by atoms with Crippen molar-refractivity contribution in [3.05, 3.63) is 34.4 Å². The van der Waals surface area contributed by atoms with Gasteiger partial charge < -0.3 is 16.4 Å². The van der Waals surface area contributed by atoms with Crippen molar-refractivity contribution >= 4 is 23.3 Å². The number of nitro groups is 1. The van der Waals surface area contributed by atoms with Gasteiger partial charge in [0.05, 0.1) is 10.6 Å². The first-order chi connectivity index (χ1) is 8.40. The van der Waals surface area contributed by atoms with E-state index in [1.807, 2.05) is 0 Å². The number of benzene rings is 1. The zero-order chi connectivity index (χ0) is 13.7. The molecule has 96 valence electrons. The number of aliphatic imine (C=N–C) groups is 2. The zero-order valence-corrected chi connectivity index (χ0v) is 10.1. The second-order valence-electron chi connectivity index (χ2n) is 3.61. The van der Waals surface area contributed by atoms with Gasteiger partial charge in [-0.25, -0.2) is 4.99 Å². The van der Waals surface area contributed by atoms with Crippen molar-refractivity contribution in [1.29, 1.82) is 0 Å². The Labute approximate surface area is 104 Å². The molecule has 4 N–H and O–H groups in total. The van der Waals surface area contributed by atoms with E-state index in [1.54, 1.807) is 19.0 Å². The van der Waals surface area contributed by atoms with Crippen molar-refractivity contribution in [1.82, 2.24) is 4.90 Å². The summed E-state index contributed by atoms with van der Waals surface area (Å²) in [6.07, 6.45) is 0. The summed E-state index contributed by atoms with van der Waals surface area (Å²) in [5, 5.41) is 10.5. The molecular formula is C10H14N6O2. The highest BCUT2D eigenvalue weighted by molar-refractivity contribution is 5.94. The topological polar surface area (TPSA) is 123 Å². The van der Waals surface area contributed by atoms with E-state index in [9.17, 15) is 10.1 Å². The van der Waals surface area contributed by atoms with Crippen LogP contribution in [0.15, 0.2) is 34.3 Å². The predicted octanol–water partition coefficient (Wildman–Crippen LogP) is 0.417. The van der Waals surface area contributed by atoms with Crippen LogP contribution in [-0.4, -0.2) is 35.8 Å². The van der Waals surface area contributed by atoms with Gasteiger partial charge in [0.2, 0.25) is 5.96 Å². The van der Waals surface area contributed by atoms with Gasteiger partial charge in [-0.05, 0) is 12.1 Å². The van der Waals surface area contributed by atoms with Gasteiger partial charge in [0.25, 0.3) is 5.69 Å². The van der Waals surface area contributed by atoms with Crippen LogP contribution in [0.1, 0.15) is 0 Å². The SMILES string of the molecule is CN(C)C(N)=NC(N)=Nc1ccc([N+](=O)[O-])cc1. The summed E-state index contributed by atoms with van der Waals surface area (Å²) < 4.78 is 0. The molecule has 0 saturated heterocycles. The van der Waals surface area contributed by atoms with Crippen LogP contribution in [0.5, 0.6) is 0 Å². The standard InChI is InChI=1S/C10H14N6O2/c1-15(2)10(12)14-9(11)13-7-3-5-8(6-4-7)16(17)18/h3-6H,1-2H3,(H4,11,12,13,14). The molecule has 0 heterocycles. The number of rotatable bonds is 2. The smallest absolute Gasteiger partial charge is 0.269 e. The monoisotopic (exact) mass is 250 g/mol. The fourth-order valence-corrected chi connectivity index (χ4v) is 1.02. The number of nitro benzene ring substituents is 1. The lowest BCUT2D eigenvalue weighted by Gasteiger charge is -2.09. The van der Waals surface area contributed by atoms with Crippen LogP contribution in [0, 0.1) is 10.1 Å². The molecule has 0 aliphatic carbocycles. The summed E-state index contributed by atoms with van der Waals surface area (Å²) in [4.78, 5) is 19.4. The van der Waals surface area contributed by atoms with Crippen LogP contribution in [0.4, 0.5) is 11.4 Å². The lowest BCUT2D eigenvalue weighted by molar-refractivity contribution is -0.384. The van der Waals surface area contributed by atoms with Gasteiger partial charge in [-0.15, -0.1) is 0 Å². The second-order valence-corrected chi connectivity index (χ2v) is 3.61. The minimum absolute atomic E-state index is 0.0103. The molecule has 0 bridgehead atoms. The number of hydrogen-bond donors (Lipinski definition) is 2. The predicted molar refractivity (Wildman–Crippen MR) is 69.7 cm³/mol. The van der Waals surface area contributed by atoms with Gasteiger partial charge in [0, 0.05) is 26.2 Å². The summed E-state index contributed by atoms with van der Waals surface area (Å²) in [7, 11) is 3.44. The average molecular weight is 250 g/mol. The van der Waals surface area contributed by atoms with E-state index >= 15 is 0 Å². The highest BCUT2D eigenvalue weighted by Gasteiger charge is 2.03. The van der Waals surface area contributed by atoms with Crippen LogP contribution in [0.25, 0.3) is 0 Å². The van der Waals surface area contributed by atoms with Crippen molar-refractivity contribution in [2.24, 2.45) is 21.5 Å². The van der Waals surface area contributed by atoms with E-state index in [2.05, 4.69) is 9.98 Å². The van der Waals surface area contributed by atoms with Crippen LogP contribution in [0.2, 0.25) is 0 Å². The maximum Gasteiger partial charge on any atom is 0.269 e. The van der Waals surface area contributed by atoms with Gasteiger partial charge in [-0.1, -0.05) is 0 Å². The van der Waals surface area contributed by atoms with Crippen LogP contribution in [0.3, 0.4) is 0 Å². The summed E-state index contributed by atoms with van der Waals surface area (Å²) in [5.74, 6) is 0.202. The third-order valence-electron chi connectivity index (χ3n) is 1.99. The molecule has 1 aromatic rings. The van der Waals surface area contributed by atoms with E-state index < -0.39 is 4.92 Å². The molecule has 0 radical (unpaired) electrons. The number of non-ortho nitro benzene ring substituents is 1. The van der Waals surface area contributed by atoms with Crippen LogP contribution >= 0.6 is 0 Å². The van der Waals surface area contributed by atoms with E-state index in [0.29, 0.717) is 5.69 Å². The maximum absolute atomic E-state index is 10.5. The summed E-state index contributed by atoms with van der Waals surface area (Å²) in [6, 6.07) is 5.63. The van der Waals surface area contributed by atoms with Gasteiger partial charge in [0.15, 0.2) is 5.96 Å². The third-order valence-corrected chi connectivity index (χ3v) is 1.99. The second kappa shape index (κ2) is 5.62. The van der Waals surface area contributed by atoms with Gasteiger partial charge in [0.1, 0.15) is 0 Å². The van der Waals surface area contributed by atoms with Crippen molar-refractivity contribution < 1.29 is 4.92 Å². The minimum atomic E-state index is -0.487. The first-order valence-corrected chi connectivity index (χ1v) is 5.00. The molecule has 0 spiro atoms. The van der Waals surface area contributed by atoms with E-state index in [0.717, 1.165) is 0 Å². The molecule has 0 aromatic heterocycles. The fourth-order valence-electron chi connectivity index (χ4n) is 1.02. The van der Waals surface area contributed by atoms with Crippen molar-refractivity contribution in [2.45, 2.75) is 0 Å². The lowest BCUT2D eigenvalue weighted by atomic mass is 10.3. The molecule has 1 aromatic carbocycles. The zero-order valence-electron chi connectivity index (χ0n) is 10.1. The molecule has 8 nitrogen and oxygen atoms in total. The Kier molecular flexibility index (Phi) is 4.19. The quantitative estimate of drug-likeness (QED) is 0.340. The third kappa shape index (κ3) is 3.74. The Morgan fingerprint density at radius 2 is 1.83 bits per heavy atom. The first kappa shape index (κ1) is 13.4. The van der Waals surface area contributed by atoms with Gasteiger partial charge in [-0.2, -0.15) is 4.99 Å². The molecule has 0 aliphatic rings. The van der Waals surface area contributed by atoms with Crippen molar-refractivity contribution in [3.8, 4) is 0 Å². The van der Waals surface area contributed by atoms with Gasteiger partial charge in [-0.3, -0.25) is 10.1 Å². The Morgan fingerprint density at radius 3 is 2.28 bits per heavy atom. The highest BCUT2D eigenvalue weighted by atomic mass is 16.6. The largest absolute Gasteiger partial charge is 0.369 e. The van der Waals surface area contributed by atoms with Crippen molar-refractivity contribution in [2.75, 3.05) is 14.1 Å². The van der Waals surface area contributed by atoms with Gasteiger partial charge >= 0.3 is 0 Å². The normalized spacial score (nSPS) is 12.3. The van der Waals surface area contributed by atoms with E-state index in [1.165, 1.54) is 24.3 Å². The summed E-state index contributed by atoms with van der Waals surface area (Å²) in [5.41, 5.74) is 11.6. The van der Waals surface area contributed by atoms with Crippen molar-refractivity contribution in [3.63, 3.8) is 0 Å². The molecular weight excluding hydrogens is 236 g/mol. The maximum atomic E-state index is 10.5. The van der Waals surface area contributed by atoms with Crippen LogP contribution < -0.4 is 11.5 Å². The Bertz CT molecular complexity index is 492. The molecule has 8 heteroatoms. The Hall–Kier alpha value is -2.64. The lowest BCUT2D eigenvalue weighted by Crippen LogP contribution is -2.32. The molecule has 0 amide bonds. The number of nitrogens with two attached hydrogens (primary N) is 2.